The van der Waals surface area contributed by atoms with Gasteiger partial charge in [0.15, 0.2) is 0 Å². The highest BCUT2D eigenvalue weighted by Gasteiger charge is 2.26. The lowest BCUT2D eigenvalue weighted by Gasteiger charge is -2.30. The highest BCUT2D eigenvalue weighted by atomic mass is 32.1. The number of likely N-dealkylation sites (tertiary alicyclic amines) is 1. The molecule has 1 aliphatic rings. The highest BCUT2D eigenvalue weighted by molar-refractivity contribution is 7.13. The number of thiophene rings is 1. The van der Waals surface area contributed by atoms with E-state index in [9.17, 15) is 9.59 Å². The van der Waals surface area contributed by atoms with Gasteiger partial charge in [-0.15, -0.1) is 11.3 Å². The van der Waals surface area contributed by atoms with Gasteiger partial charge in [0, 0.05) is 18.7 Å². The lowest BCUT2D eigenvalue weighted by Crippen LogP contribution is -2.45. The van der Waals surface area contributed by atoms with Crippen LogP contribution in [0.5, 0.6) is 0 Å². The number of rotatable bonds is 6. The van der Waals surface area contributed by atoms with Gasteiger partial charge in [0.2, 0.25) is 11.8 Å². The van der Waals surface area contributed by atoms with Crippen LogP contribution in [0.25, 0.3) is 10.6 Å². The molecule has 128 valence electrons. The first-order valence-corrected chi connectivity index (χ1v) is 8.86. The lowest BCUT2D eigenvalue weighted by atomic mass is 9.97. The average molecular weight is 347 g/mol. The minimum Gasteiger partial charge on any atom is -0.369 e. The van der Waals surface area contributed by atoms with Gasteiger partial charge in [-0.25, -0.2) is 0 Å². The Kier molecular flexibility index (Phi) is 5.27. The number of carbonyl (C=O) groups is 2. The number of piperidine rings is 1. The van der Waals surface area contributed by atoms with E-state index in [0.717, 1.165) is 35.5 Å². The van der Waals surface area contributed by atoms with Crippen molar-refractivity contribution in [2.45, 2.75) is 19.4 Å². The zero-order chi connectivity index (χ0) is 16.9. The van der Waals surface area contributed by atoms with Crippen molar-refractivity contribution in [3.05, 3.63) is 29.3 Å². The Bertz CT molecular complexity index is 697. The molecule has 0 radical (unpaired) electrons. The molecule has 1 fully saturated rings. The molecule has 2 amide bonds. The third kappa shape index (κ3) is 4.01. The molecule has 0 unspecified atom stereocenters. The zero-order valence-electron chi connectivity index (χ0n) is 13.3. The van der Waals surface area contributed by atoms with Gasteiger partial charge in [0.1, 0.15) is 0 Å². The quantitative estimate of drug-likeness (QED) is 0.724. The molecule has 0 aromatic carbocycles. The number of hydrogen-bond donors (Lipinski definition) is 3. The SMILES string of the molecule is NC(=O)CN1CCC[C@@H](C(=O)NCc2cn[nH]c2-c2cccs2)C1. The minimum absolute atomic E-state index is 0.0162. The summed E-state index contributed by atoms with van der Waals surface area (Å²) >= 11 is 1.63. The van der Waals surface area contributed by atoms with Crippen molar-refractivity contribution in [3.8, 4) is 10.6 Å². The Morgan fingerprint density at radius 3 is 3.12 bits per heavy atom. The van der Waals surface area contributed by atoms with Gasteiger partial charge in [-0.3, -0.25) is 19.6 Å². The Morgan fingerprint density at radius 2 is 2.38 bits per heavy atom. The monoisotopic (exact) mass is 347 g/mol. The van der Waals surface area contributed by atoms with Crippen molar-refractivity contribution < 1.29 is 9.59 Å². The molecular formula is C16H21N5O2S. The van der Waals surface area contributed by atoms with Crippen LogP contribution in [0.15, 0.2) is 23.7 Å². The van der Waals surface area contributed by atoms with Crippen LogP contribution in [0, 0.1) is 5.92 Å². The van der Waals surface area contributed by atoms with Crippen LogP contribution in [-0.4, -0.2) is 46.5 Å². The lowest BCUT2D eigenvalue weighted by molar-refractivity contribution is -0.128. The molecule has 3 heterocycles. The molecule has 0 aliphatic carbocycles. The summed E-state index contributed by atoms with van der Waals surface area (Å²) in [5.74, 6) is -0.437. The molecule has 2 aromatic heterocycles. The van der Waals surface area contributed by atoms with Crippen molar-refractivity contribution in [2.24, 2.45) is 11.7 Å². The summed E-state index contributed by atoms with van der Waals surface area (Å²) < 4.78 is 0. The third-order valence-electron chi connectivity index (χ3n) is 4.19. The molecule has 1 atom stereocenters. The highest BCUT2D eigenvalue weighted by Crippen LogP contribution is 2.25. The number of carbonyl (C=O) groups excluding carboxylic acids is 2. The Balaban J connectivity index is 1.56. The number of amides is 2. The topological polar surface area (TPSA) is 104 Å². The number of H-pyrrole nitrogens is 1. The Labute approximate surface area is 144 Å². The molecule has 3 rings (SSSR count). The van der Waals surface area contributed by atoms with E-state index < -0.39 is 0 Å². The van der Waals surface area contributed by atoms with Crippen molar-refractivity contribution in [1.29, 1.82) is 0 Å². The van der Waals surface area contributed by atoms with Crippen LogP contribution in [0.1, 0.15) is 18.4 Å². The summed E-state index contributed by atoms with van der Waals surface area (Å²) in [4.78, 5) is 26.5. The van der Waals surface area contributed by atoms with Gasteiger partial charge in [-0.05, 0) is 30.8 Å². The standard InChI is InChI=1S/C16H21N5O2S/c17-14(22)10-21-5-1-3-11(9-21)16(23)18-7-12-8-19-20-15(12)13-4-2-6-24-13/h2,4,6,8,11H,1,3,5,7,9-10H2,(H2,17,22)(H,18,23)(H,19,20)/t11-/m1/s1. The van der Waals surface area contributed by atoms with E-state index >= 15 is 0 Å². The Morgan fingerprint density at radius 1 is 1.50 bits per heavy atom. The van der Waals surface area contributed by atoms with E-state index in [1.165, 1.54) is 0 Å². The summed E-state index contributed by atoms with van der Waals surface area (Å²) in [5.41, 5.74) is 7.16. The fraction of sp³-hybridized carbons (Fsp3) is 0.438. The van der Waals surface area contributed by atoms with E-state index in [1.807, 2.05) is 22.4 Å². The average Bonchev–Trinajstić information content (AvgIpc) is 3.23. The van der Waals surface area contributed by atoms with Gasteiger partial charge in [-0.2, -0.15) is 5.10 Å². The van der Waals surface area contributed by atoms with E-state index in [-0.39, 0.29) is 24.3 Å². The first kappa shape index (κ1) is 16.7. The number of nitrogens with zero attached hydrogens (tertiary/aromatic N) is 2. The van der Waals surface area contributed by atoms with Crippen LogP contribution in [0.2, 0.25) is 0 Å². The zero-order valence-corrected chi connectivity index (χ0v) is 14.1. The van der Waals surface area contributed by atoms with E-state index in [2.05, 4.69) is 15.5 Å². The van der Waals surface area contributed by atoms with Crippen LogP contribution in [0.4, 0.5) is 0 Å². The third-order valence-corrected chi connectivity index (χ3v) is 5.08. The van der Waals surface area contributed by atoms with Crippen molar-refractivity contribution in [1.82, 2.24) is 20.4 Å². The normalized spacial score (nSPS) is 18.4. The van der Waals surface area contributed by atoms with Crippen molar-refractivity contribution in [3.63, 3.8) is 0 Å². The number of hydrogen-bond acceptors (Lipinski definition) is 5. The molecule has 4 N–H and O–H groups in total. The van der Waals surface area contributed by atoms with Crippen LogP contribution in [0.3, 0.4) is 0 Å². The number of aromatic amines is 1. The molecule has 0 saturated carbocycles. The van der Waals surface area contributed by atoms with Gasteiger partial charge in [-0.1, -0.05) is 6.07 Å². The van der Waals surface area contributed by atoms with Gasteiger partial charge >= 0.3 is 0 Å². The van der Waals surface area contributed by atoms with Crippen LogP contribution < -0.4 is 11.1 Å². The summed E-state index contributed by atoms with van der Waals surface area (Å²) in [6, 6.07) is 4.00. The predicted molar refractivity (Wildman–Crippen MR) is 92.1 cm³/mol. The summed E-state index contributed by atoms with van der Waals surface area (Å²) in [6.45, 7) is 2.05. The van der Waals surface area contributed by atoms with Crippen molar-refractivity contribution in [2.75, 3.05) is 19.6 Å². The number of primary amides is 1. The Hall–Kier alpha value is -2.19. The molecule has 24 heavy (non-hydrogen) atoms. The fourth-order valence-corrected chi connectivity index (χ4v) is 3.79. The van der Waals surface area contributed by atoms with Gasteiger partial charge < -0.3 is 11.1 Å². The van der Waals surface area contributed by atoms with Crippen LogP contribution in [-0.2, 0) is 16.1 Å². The van der Waals surface area contributed by atoms with E-state index in [4.69, 9.17) is 5.73 Å². The second-order valence-corrected chi connectivity index (χ2v) is 6.95. The number of nitrogens with one attached hydrogen (secondary N) is 2. The second kappa shape index (κ2) is 7.59. The van der Waals surface area contributed by atoms with Crippen LogP contribution >= 0.6 is 11.3 Å². The molecule has 0 bridgehead atoms. The van der Waals surface area contributed by atoms with E-state index in [1.54, 1.807) is 17.5 Å². The number of nitrogens with two attached hydrogens (primary N) is 1. The molecule has 2 aromatic rings. The number of aromatic nitrogens is 2. The summed E-state index contributed by atoms with van der Waals surface area (Å²) in [5, 5.41) is 12.1. The molecular weight excluding hydrogens is 326 g/mol. The second-order valence-electron chi connectivity index (χ2n) is 6.01. The fourth-order valence-electron chi connectivity index (χ4n) is 3.04. The van der Waals surface area contributed by atoms with Gasteiger partial charge in [0.25, 0.3) is 0 Å². The maximum atomic E-state index is 12.4. The first-order valence-electron chi connectivity index (χ1n) is 7.98. The molecule has 1 aliphatic heterocycles. The summed E-state index contributed by atoms with van der Waals surface area (Å²) in [7, 11) is 0. The predicted octanol–water partition coefficient (Wildman–Crippen LogP) is 0.952. The smallest absolute Gasteiger partial charge is 0.231 e. The maximum absolute atomic E-state index is 12.4. The minimum atomic E-state index is -0.352. The first-order chi connectivity index (χ1) is 11.6. The molecule has 7 nitrogen and oxygen atoms in total. The molecule has 1 saturated heterocycles. The molecule has 8 heteroatoms. The largest absolute Gasteiger partial charge is 0.369 e. The van der Waals surface area contributed by atoms with Gasteiger partial charge in [0.05, 0.1) is 29.2 Å². The van der Waals surface area contributed by atoms with Crippen molar-refractivity contribution >= 4 is 23.2 Å². The van der Waals surface area contributed by atoms with E-state index in [0.29, 0.717) is 13.1 Å². The maximum Gasteiger partial charge on any atom is 0.231 e. The molecule has 0 spiro atoms. The summed E-state index contributed by atoms with van der Waals surface area (Å²) in [6.07, 6.45) is 3.48.